The molecule has 0 saturated carbocycles. The van der Waals surface area contributed by atoms with Gasteiger partial charge in [-0.25, -0.2) is 0 Å². The second-order valence-corrected chi connectivity index (χ2v) is 7.40. The van der Waals surface area contributed by atoms with Crippen molar-refractivity contribution in [1.29, 1.82) is 0 Å². The van der Waals surface area contributed by atoms with E-state index < -0.39 is 0 Å². The van der Waals surface area contributed by atoms with Crippen LogP contribution in [0.2, 0.25) is 0 Å². The third-order valence-electron chi connectivity index (χ3n) is 3.67. The first-order valence-corrected chi connectivity index (χ1v) is 9.25. The van der Waals surface area contributed by atoms with Gasteiger partial charge >= 0.3 is 0 Å². The van der Waals surface area contributed by atoms with Crippen molar-refractivity contribution in [2.24, 2.45) is 0 Å². The van der Waals surface area contributed by atoms with Crippen molar-refractivity contribution in [2.45, 2.75) is 65.3 Å². The number of anilines is 1. The lowest BCUT2D eigenvalue weighted by Gasteiger charge is -2.20. The molecule has 5 heteroatoms. The molecular weight excluding hydrogens is 314 g/mol. The number of carbonyl (C=O) groups excluding carboxylic acids is 2. The summed E-state index contributed by atoms with van der Waals surface area (Å²) in [7, 11) is 0. The van der Waals surface area contributed by atoms with Gasteiger partial charge in [-0.2, -0.15) is 0 Å². The molecule has 0 saturated heterocycles. The van der Waals surface area contributed by atoms with E-state index in [1.165, 1.54) is 19.3 Å². The van der Waals surface area contributed by atoms with E-state index in [0.717, 1.165) is 25.1 Å². The van der Waals surface area contributed by atoms with Crippen molar-refractivity contribution in [2.75, 3.05) is 18.4 Å². The van der Waals surface area contributed by atoms with E-state index in [4.69, 9.17) is 0 Å². The second kappa shape index (κ2) is 10.7. The Morgan fingerprint density at radius 2 is 1.76 bits per heavy atom. The van der Waals surface area contributed by atoms with Crippen LogP contribution >= 0.6 is 0 Å². The van der Waals surface area contributed by atoms with Crippen molar-refractivity contribution >= 4 is 17.5 Å². The van der Waals surface area contributed by atoms with E-state index >= 15 is 0 Å². The maximum absolute atomic E-state index is 12.2. The van der Waals surface area contributed by atoms with Crippen LogP contribution in [0.4, 0.5) is 5.69 Å². The van der Waals surface area contributed by atoms with Crippen LogP contribution in [0.5, 0.6) is 0 Å². The van der Waals surface area contributed by atoms with Crippen LogP contribution in [0.3, 0.4) is 0 Å². The van der Waals surface area contributed by atoms with Gasteiger partial charge in [0.2, 0.25) is 5.91 Å². The first-order chi connectivity index (χ1) is 11.8. The van der Waals surface area contributed by atoms with Crippen molar-refractivity contribution in [3.05, 3.63) is 29.8 Å². The molecule has 0 radical (unpaired) electrons. The highest BCUT2D eigenvalue weighted by atomic mass is 16.2. The molecule has 2 amide bonds. The number of nitrogens with one attached hydrogen (secondary N) is 3. The molecule has 0 aromatic heterocycles. The molecular formula is C20H33N3O2. The van der Waals surface area contributed by atoms with E-state index in [0.29, 0.717) is 5.56 Å². The van der Waals surface area contributed by atoms with Crippen LogP contribution in [0.1, 0.15) is 70.2 Å². The lowest BCUT2D eigenvalue weighted by molar-refractivity contribution is -0.119. The molecule has 0 aliphatic carbocycles. The minimum atomic E-state index is -0.280. The summed E-state index contributed by atoms with van der Waals surface area (Å²) < 4.78 is 0. The SMILES string of the molecule is CCCCCCCNC(=O)CNc1cccc(C(=O)NC(C)(C)C)c1. The van der Waals surface area contributed by atoms with E-state index in [1.54, 1.807) is 12.1 Å². The van der Waals surface area contributed by atoms with Crippen molar-refractivity contribution in [1.82, 2.24) is 10.6 Å². The van der Waals surface area contributed by atoms with E-state index in [1.807, 2.05) is 32.9 Å². The fraction of sp³-hybridized carbons (Fsp3) is 0.600. The van der Waals surface area contributed by atoms with Gasteiger partial charge in [-0.15, -0.1) is 0 Å². The van der Waals surface area contributed by atoms with Gasteiger partial charge in [0, 0.05) is 23.3 Å². The fourth-order valence-corrected chi connectivity index (χ4v) is 2.38. The Labute approximate surface area is 152 Å². The normalized spacial score (nSPS) is 11.0. The Hall–Kier alpha value is -2.04. The zero-order valence-electron chi connectivity index (χ0n) is 16.1. The molecule has 0 aliphatic rings. The second-order valence-electron chi connectivity index (χ2n) is 7.40. The summed E-state index contributed by atoms with van der Waals surface area (Å²) in [5.74, 6) is -0.146. The quantitative estimate of drug-likeness (QED) is 0.565. The van der Waals surface area contributed by atoms with Gasteiger partial charge in [-0.1, -0.05) is 38.7 Å². The van der Waals surface area contributed by atoms with Gasteiger partial charge in [0.25, 0.3) is 5.91 Å². The van der Waals surface area contributed by atoms with Crippen molar-refractivity contribution in [3.8, 4) is 0 Å². The molecule has 1 aromatic rings. The molecule has 0 aliphatic heterocycles. The van der Waals surface area contributed by atoms with Gasteiger partial charge in [0.1, 0.15) is 0 Å². The Morgan fingerprint density at radius 1 is 1.04 bits per heavy atom. The number of benzene rings is 1. The maximum Gasteiger partial charge on any atom is 0.251 e. The molecule has 140 valence electrons. The molecule has 0 heterocycles. The zero-order chi connectivity index (χ0) is 18.7. The molecule has 0 bridgehead atoms. The Bertz CT molecular complexity index is 550. The summed E-state index contributed by atoms with van der Waals surface area (Å²) in [4.78, 5) is 24.0. The minimum absolute atomic E-state index is 0.0277. The fourth-order valence-electron chi connectivity index (χ4n) is 2.38. The molecule has 0 spiro atoms. The highest BCUT2D eigenvalue weighted by Gasteiger charge is 2.15. The molecule has 0 atom stereocenters. The Kier molecular flexibility index (Phi) is 9.03. The molecule has 0 fully saturated rings. The van der Waals surface area contributed by atoms with Crippen LogP contribution in [-0.2, 0) is 4.79 Å². The van der Waals surface area contributed by atoms with E-state index in [9.17, 15) is 9.59 Å². The predicted molar refractivity (Wildman–Crippen MR) is 104 cm³/mol. The number of amides is 2. The van der Waals surface area contributed by atoms with Crippen LogP contribution in [-0.4, -0.2) is 30.4 Å². The predicted octanol–water partition coefficient (Wildman–Crippen LogP) is 3.71. The zero-order valence-corrected chi connectivity index (χ0v) is 16.1. The number of rotatable bonds is 10. The third kappa shape index (κ3) is 9.75. The van der Waals surface area contributed by atoms with Crippen LogP contribution < -0.4 is 16.0 Å². The van der Waals surface area contributed by atoms with Gasteiger partial charge in [-0.3, -0.25) is 9.59 Å². The summed E-state index contributed by atoms with van der Waals surface area (Å²) in [5, 5.41) is 8.92. The van der Waals surface area contributed by atoms with E-state index in [2.05, 4.69) is 22.9 Å². The van der Waals surface area contributed by atoms with Crippen molar-refractivity contribution in [3.63, 3.8) is 0 Å². The van der Waals surface area contributed by atoms with E-state index in [-0.39, 0.29) is 23.9 Å². The average molecular weight is 348 g/mol. The Balaban J connectivity index is 2.36. The summed E-state index contributed by atoms with van der Waals surface area (Å²) in [6.45, 7) is 8.95. The van der Waals surface area contributed by atoms with Gasteiger partial charge in [0.15, 0.2) is 0 Å². The van der Waals surface area contributed by atoms with Crippen LogP contribution in [0, 0.1) is 0 Å². The molecule has 5 nitrogen and oxygen atoms in total. The molecule has 3 N–H and O–H groups in total. The smallest absolute Gasteiger partial charge is 0.251 e. The largest absolute Gasteiger partial charge is 0.376 e. The molecule has 1 aromatic carbocycles. The summed E-state index contributed by atoms with van der Waals surface area (Å²) in [6, 6.07) is 7.19. The highest BCUT2D eigenvalue weighted by Crippen LogP contribution is 2.12. The number of unbranched alkanes of at least 4 members (excludes halogenated alkanes) is 4. The lowest BCUT2D eigenvalue weighted by Crippen LogP contribution is -2.40. The standard InChI is InChI=1S/C20H33N3O2/c1-5-6-7-8-9-13-21-18(24)15-22-17-12-10-11-16(14-17)19(25)23-20(2,3)4/h10-12,14,22H,5-9,13,15H2,1-4H3,(H,21,24)(H,23,25). The first kappa shape index (κ1) is 21.0. The molecule has 1 rings (SSSR count). The number of hydrogen-bond acceptors (Lipinski definition) is 3. The number of carbonyl (C=O) groups is 2. The Morgan fingerprint density at radius 3 is 2.44 bits per heavy atom. The summed E-state index contributed by atoms with van der Waals surface area (Å²) >= 11 is 0. The maximum atomic E-state index is 12.2. The lowest BCUT2D eigenvalue weighted by atomic mass is 10.1. The third-order valence-corrected chi connectivity index (χ3v) is 3.67. The highest BCUT2D eigenvalue weighted by molar-refractivity contribution is 5.95. The summed E-state index contributed by atoms with van der Waals surface area (Å²) in [6.07, 6.45) is 5.90. The van der Waals surface area contributed by atoms with Gasteiger partial charge < -0.3 is 16.0 Å². The monoisotopic (exact) mass is 347 g/mol. The van der Waals surface area contributed by atoms with Crippen molar-refractivity contribution < 1.29 is 9.59 Å². The minimum Gasteiger partial charge on any atom is -0.376 e. The van der Waals surface area contributed by atoms with Gasteiger partial charge in [-0.05, 0) is 45.4 Å². The average Bonchev–Trinajstić information content (AvgIpc) is 2.55. The number of hydrogen-bond donors (Lipinski definition) is 3. The van der Waals surface area contributed by atoms with Crippen LogP contribution in [0.15, 0.2) is 24.3 Å². The molecule has 25 heavy (non-hydrogen) atoms. The molecule has 0 unspecified atom stereocenters. The topological polar surface area (TPSA) is 70.2 Å². The van der Waals surface area contributed by atoms with Crippen LogP contribution in [0.25, 0.3) is 0 Å². The van der Waals surface area contributed by atoms with Gasteiger partial charge in [0.05, 0.1) is 6.54 Å². The summed E-state index contributed by atoms with van der Waals surface area (Å²) in [5.41, 5.74) is 1.06. The first-order valence-electron chi connectivity index (χ1n) is 9.25.